The summed E-state index contributed by atoms with van der Waals surface area (Å²) in [7, 11) is 0. The quantitative estimate of drug-likeness (QED) is 0.0938. The Labute approximate surface area is 350 Å². The van der Waals surface area contributed by atoms with Crippen LogP contribution in [0.3, 0.4) is 0 Å². The number of benzene rings is 2. The fourth-order valence-corrected chi connectivity index (χ4v) is 8.64. The number of rotatable bonds is 15. The van der Waals surface area contributed by atoms with Crippen LogP contribution in [0, 0.1) is 24.5 Å². The Morgan fingerprint density at radius 2 is 1.77 bits per heavy atom. The number of amides is 2. The second kappa shape index (κ2) is 19.1. The molecule has 1 unspecified atom stereocenters. The summed E-state index contributed by atoms with van der Waals surface area (Å²) >= 11 is 0. The molecule has 2 amide bonds. The van der Waals surface area contributed by atoms with E-state index in [0.717, 1.165) is 80.8 Å². The smallest absolute Gasteiger partial charge is 0.261 e. The first-order valence-corrected chi connectivity index (χ1v) is 21.0. The van der Waals surface area contributed by atoms with Crippen molar-refractivity contribution in [1.82, 2.24) is 24.8 Å². The largest absolute Gasteiger partial charge is 0.486 e. The van der Waals surface area contributed by atoms with Gasteiger partial charge in [0.15, 0.2) is 17.4 Å². The predicted molar refractivity (Wildman–Crippen MR) is 229 cm³/mol. The number of ether oxygens (including phenoxy) is 1. The lowest BCUT2D eigenvalue weighted by Crippen LogP contribution is -2.42. The first kappa shape index (κ1) is 42.4. The number of aromatic nitrogens is 3. The lowest BCUT2D eigenvalue weighted by Gasteiger charge is -2.38. The first-order valence-electron chi connectivity index (χ1n) is 21.0. The van der Waals surface area contributed by atoms with Crippen LogP contribution >= 0.6 is 0 Å². The van der Waals surface area contributed by atoms with Crippen molar-refractivity contribution in [1.29, 1.82) is 0 Å². The molecule has 3 aliphatic heterocycles. The van der Waals surface area contributed by atoms with E-state index in [9.17, 15) is 14.4 Å². The van der Waals surface area contributed by atoms with Gasteiger partial charge in [0.2, 0.25) is 12.4 Å². The number of hydrogen-bond acceptors (Lipinski definition) is 11. The van der Waals surface area contributed by atoms with Crippen molar-refractivity contribution in [2.75, 3.05) is 61.0 Å². The van der Waals surface area contributed by atoms with Crippen molar-refractivity contribution >= 4 is 41.7 Å². The molecule has 2 aromatic heterocycles. The summed E-state index contributed by atoms with van der Waals surface area (Å²) in [6, 6.07) is 12.0. The SMILES string of the molecule is C=CCCC(C=O)N(C=O)C(=O)c1cc(N2CCC(CN3CCC(c4ccc(Nc5ncc(F)c(-c6cc(F)c7c(c6)N(C(C)C)CCO7)n5)nc4)CC3)CC2)ccc1C. The number of carbonyl (C=O) groups excluding carboxylic acids is 3. The third kappa shape index (κ3) is 9.49. The van der Waals surface area contributed by atoms with Gasteiger partial charge in [-0.3, -0.25) is 14.5 Å². The van der Waals surface area contributed by atoms with Crippen LogP contribution in [-0.4, -0.2) is 101 Å². The molecule has 0 bridgehead atoms. The number of carbonyl (C=O) groups is 3. The van der Waals surface area contributed by atoms with Crippen molar-refractivity contribution in [2.45, 2.75) is 77.3 Å². The van der Waals surface area contributed by atoms with E-state index in [-0.39, 0.29) is 23.4 Å². The Balaban J connectivity index is 0.899. The van der Waals surface area contributed by atoms with Crippen molar-refractivity contribution in [2.24, 2.45) is 5.92 Å². The summed E-state index contributed by atoms with van der Waals surface area (Å²) in [4.78, 5) is 58.2. The van der Waals surface area contributed by atoms with E-state index >= 15 is 8.78 Å². The summed E-state index contributed by atoms with van der Waals surface area (Å²) in [6.07, 6.45) is 10.8. The van der Waals surface area contributed by atoms with Crippen LogP contribution in [0.2, 0.25) is 0 Å². The van der Waals surface area contributed by atoms with Crippen LogP contribution in [-0.2, 0) is 9.59 Å². The van der Waals surface area contributed by atoms with Crippen molar-refractivity contribution in [3.63, 3.8) is 0 Å². The number of fused-ring (bicyclic) bond motifs is 1. The predicted octanol–water partition coefficient (Wildman–Crippen LogP) is 7.70. The van der Waals surface area contributed by atoms with Crippen molar-refractivity contribution in [3.8, 4) is 17.0 Å². The number of likely N-dealkylation sites (tertiary alicyclic amines) is 1. The van der Waals surface area contributed by atoms with E-state index in [4.69, 9.17) is 4.74 Å². The van der Waals surface area contributed by atoms with E-state index in [0.29, 0.717) is 73.2 Å². The Kier molecular flexibility index (Phi) is 13.5. The normalized spacial score (nSPS) is 16.8. The minimum Gasteiger partial charge on any atom is -0.486 e. The maximum Gasteiger partial charge on any atom is 0.261 e. The maximum absolute atomic E-state index is 15.2. The summed E-state index contributed by atoms with van der Waals surface area (Å²) in [5, 5.41) is 3.09. The lowest BCUT2D eigenvalue weighted by molar-refractivity contribution is -0.123. The second-order valence-electron chi connectivity index (χ2n) is 16.3. The number of pyridine rings is 1. The molecule has 316 valence electrons. The Hall–Kier alpha value is -5.76. The monoisotopic (exact) mass is 820 g/mol. The minimum absolute atomic E-state index is 0.0137. The van der Waals surface area contributed by atoms with Crippen molar-refractivity contribution < 1.29 is 27.9 Å². The molecule has 2 fully saturated rings. The van der Waals surface area contributed by atoms with Gasteiger partial charge in [-0.2, -0.15) is 0 Å². The number of nitrogens with zero attached hydrogens (tertiary/aromatic N) is 7. The van der Waals surface area contributed by atoms with Gasteiger partial charge in [-0.05, 0) is 126 Å². The molecular formula is C46H54F2N8O4. The number of aldehydes is 1. The number of imide groups is 1. The fraction of sp³-hybridized carbons (Fsp3) is 0.435. The molecule has 2 saturated heterocycles. The molecule has 5 heterocycles. The Bertz CT molecular complexity index is 2170. The average Bonchev–Trinajstić information content (AvgIpc) is 3.26. The molecule has 0 radical (unpaired) electrons. The number of nitrogens with one attached hydrogen (secondary N) is 1. The number of halogens is 2. The topological polar surface area (TPSA) is 124 Å². The van der Waals surface area contributed by atoms with Crippen LogP contribution in [0.4, 0.5) is 31.9 Å². The van der Waals surface area contributed by atoms with Crippen LogP contribution in [0.15, 0.2) is 67.5 Å². The highest BCUT2D eigenvalue weighted by molar-refractivity contribution is 6.03. The van der Waals surface area contributed by atoms with E-state index < -0.39 is 23.6 Å². The van der Waals surface area contributed by atoms with E-state index in [1.807, 2.05) is 56.1 Å². The third-order valence-corrected chi connectivity index (χ3v) is 12.1. The van der Waals surface area contributed by atoms with Gasteiger partial charge in [0, 0.05) is 48.7 Å². The standard InChI is InChI=1S/C46H54F2N8O4/c1-5-6-7-37(28-57)56(29-58)45(59)38-24-36(10-8-31(38)4)54-18-12-32(13-19-54)27-53-16-14-33(15-17-53)34-9-11-42(49-25-34)51-46-50-26-40(48)43(52-46)35-22-39(47)44-41(23-35)55(30(2)3)20-21-60-44/h5,8-11,22-26,28-30,32-33,37H,1,6-7,12-21,27H2,2-4H3,(H,49,50,51,52). The van der Waals surface area contributed by atoms with Gasteiger partial charge >= 0.3 is 0 Å². The summed E-state index contributed by atoms with van der Waals surface area (Å²) in [5.74, 6) is 0.135. The van der Waals surface area contributed by atoms with Crippen LogP contribution in [0.5, 0.6) is 5.75 Å². The molecule has 0 aliphatic carbocycles. The van der Waals surface area contributed by atoms with Crippen LogP contribution < -0.4 is 19.9 Å². The summed E-state index contributed by atoms with van der Waals surface area (Å²) < 4.78 is 35.8. The lowest BCUT2D eigenvalue weighted by atomic mass is 9.89. The van der Waals surface area contributed by atoms with Gasteiger partial charge in [-0.25, -0.2) is 23.7 Å². The fourth-order valence-electron chi connectivity index (χ4n) is 8.64. The van der Waals surface area contributed by atoms with Gasteiger partial charge in [-0.1, -0.05) is 18.2 Å². The van der Waals surface area contributed by atoms with Crippen LogP contribution in [0.25, 0.3) is 11.3 Å². The average molecular weight is 821 g/mol. The number of piperidine rings is 2. The zero-order chi connectivity index (χ0) is 42.3. The Morgan fingerprint density at radius 3 is 2.45 bits per heavy atom. The third-order valence-electron chi connectivity index (χ3n) is 12.1. The van der Waals surface area contributed by atoms with E-state index in [2.05, 4.69) is 42.7 Å². The molecule has 4 aromatic rings. The van der Waals surface area contributed by atoms with Gasteiger partial charge in [0.25, 0.3) is 5.91 Å². The molecule has 7 rings (SSSR count). The number of allylic oxidation sites excluding steroid dienone is 1. The molecule has 1 N–H and O–H groups in total. The summed E-state index contributed by atoms with van der Waals surface area (Å²) in [5.41, 5.74) is 4.17. The Morgan fingerprint density at radius 1 is 0.983 bits per heavy atom. The molecule has 0 saturated carbocycles. The van der Waals surface area contributed by atoms with Gasteiger partial charge in [-0.15, -0.1) is 6.58 Å². The van der Waals surface area contributed by atoms with Gasteiger partial charge < -0.3 is 29.5 Å². The number of hydrogen-bond donors (Lipinski definition) is 1. The van der Waals surface area contributed by atoms with Gasteiger partial charge in [0.1, 0.15) is 24.4 Å². The zero-order valence-electron chi connectivity index (χ0n) is 34.7. The molecule has 60 heavy (non-hydrogen) atoms. The number of anilines is 4. The highest BCUT2D eigenvalue weighted by Crippen LogP contribution is 2.40. The van der Waals surface area contributed by atoms with E-state index in [1.54, 1.807) is 12.1 Å². The second-order valence-corrected chi connectivity index (χ2v) is 16.3. The molecular weight excluding hydrogens is 767 g/mol. The minimum atomic E-state index is -0.828. The zero-order valence-corrected chi connectivity index (χ0v) is 34.7. The molecule has 3 aliphatic rings. The first-order chi connectivity index (χ1) is 29.1. The van der Waals surface area contributed by atoms with Gasteiger partial charge in [0.05, 0.1) is 24.5 Å². The summed E-state index contributed by atoms with van der Waals surface area (Å²) in [6.45, 7) is 15.4. The molecule has 0 spiro atoms. The highest BCUT2D eigenvalue weighted by Gasteiger charge is 2.29. The van der Waals surface area contributed by atoms with Crippen molar-refractivity contribution in [3.05, 3.63) is 95.8 Å². The maximum atomic E-state index is 15.2. The molecule has 12 nitrogen and oxygen atoms in total. The highest BCUT2D eigenvalue weighted by atomic mass is 19.1. The molecule has 1 atom stereocenters. The number of aryl methyl sites for hydroxylation is 1. The molecule has 14 heteroatoms. The van der Waals surface area contributed by atoms with Crippen LogP contribution in [0.1, 0.15) is 79.8 Å². The van der Waals surface area contributed by atoms with E-state index in [1.165, 1.54) is 11.6 Å². The molecule has 2 aromatic carbocycles.